The number of methoxy groups -OCH3 is 1. The minimum absolute atomic E-state index is 0.101. The van der Waals surface area contributed by atoms with Crippen LogP contribution in [0.25, 0.3) is 6.08 Å². The fraction of sp³-hybridized carbons (Fsp3) is 0.333. The summed E-state index contributed by atoms with van der Waals surface area (Å²) in [6.45, 7) is 3.65. The van der Waals surface area contributed by atoms with Gasteiger partial charge < -0.3 is 10.5 Å². The Hall–Kier alpha value is -1.35. The van der Waals surface area contributed by atoms with Gasteiger partial charge in [-0.15, -0.1) is 0 Å². The van der Waals surface area contributed by atoms with Crippen molar-refractivity contribution in [1.82, 2.24) is 0 Å². The molecule has 3 heteroatoms. The molecular weight excluding hydrogens is 193 g/mol. The second-order valence-corrected chi connectivity index (χ2v) is 3.58. The number of aryl methyl sites for hydroxylation is 1. The summed E-state index contributed by atoms with van der Waals surface area (Å²) in [6, 6.07) is 3.17. The highest BCUT2D eigenvalue weighted by atomic mass is 19.1. The van der Waals surface area contributed by atoms with Gasteiger partial charge in [-0.1, -0.05) is 12.2 Å². The number of nitrogens with two attached hydrogens (primary N) is 1. The predicted octanol–water partition coefficient (Wildman–Crippen LogP) is 2.50. The Labute approximate surface area is 89.6 Å². The van der Waals surface area contributed by atoms with Crippen LogP contribution >= 0.6 is 0 Å². The van der Waals surface area contributed by atoms with Crippen LogP contribution in [0.5, 0.6) is 5.75 Å². The molecule has 0 radical (unpaired) electrons. The number of benzene rings is 1. The standard InChI is InChI=1S/C12H16FNO/c1-8-6-11(13)10(5-4-9(2)14)12(7-8)15-3/h4-7,9H,14H2,1-3H3/b5-4+. The van der Waals surface area contributed by atoms with Crippen molar-refractivity contribution in [3.63, 3.8) is 0 Å². The number of halogens is 1. The molecular formula is C12H16FNO. The van der Waals surface area contributed by atoms with Crippen LogP contribution in [0.2, 0.25) is 0 Å². The van der Waals surface area contributed by atoms with Gasteiger partial charge in [-0.25, -0.2) is 4.39 Å². The van der Waals surface area contributed by atoms with Crippen LogP contribution in [0, 0.1) is 12.7 Å². The average Bonchev–Trinajstić information content (AvgIpc) is 2.14. The Bertz CT molecular complexity index is 372. The van der Waals surface area contributed by atoms with Crippen molar-refractivity contribution in [3.05, 3.63) is 35.2 Å². The number of hydrogen-bond acceptors (Lipinski definition) is 2. The van der Waals surface area contributed by atoms with Crippen LogP contribution in [0.15, 0.2) is 18.2 Å². The van der Waals surface area contributed by atoms with Gasteiger partial charge in [0, 0.05) is 6.04 Å². The van der Waals surface area contributed by atoms with E-state index in [1.54, 1.807) is 18.2 Å². The molecule has 0 fully saturated rings. The molecule has 1 unspecified atom stereocenters. The lowest BCUT2D eigenvalue weighted by molar-refractivity contribution is 0.409. The van der Waals surface area contributed by atoms with Crippen LogP contribution < -0.4 is 10.5 Å². The van der Waals surface area contributed by atoms with Gasteiger partial charge >= 0.3 is 0 Å². The lowest BCUT2D eigenvalue weighted by Crippen LogP contribution is -2.10. The first-order chi connectivity index (χ1) is 7.04. The molecule has 15 heavy (non-hydrogen) atoms. The normalized spacial score (nSPS) is 13.1. The molecule has 0 spiro atoms. The molecule has 0 saturated carbocycles. The Balaban J connectivity index is 3.15. The van der Waals surface area contributed by atoms with Crippen LogP contribution in [0.4, 0.5) is 4.39 Å². The van der Waals surface area contributed by atoms with Crippen molar-refractivity contribution >= 4 is 6.08 Å². The lowest BCUT2D eigenvalue weighted by Gasteiger charge is -2.07. The third-order valence-corrected chi connectivity index (χ3v) is 2.02. The summed E-state index contributed by atoms with van der Waals surface area (Å²) >= 11 is 0. The van der Waals surface area contributed by atoms with Gasteiger partial charge in [-0.2, -0.15) is 0 Å². The van der Waals surface area contributed by atoms with Crippen LogP contribution in [-0.4, -0.2) is 13.2 Å². The summed E-state index contributed by atoms with van der Waals surface area (Å²) in [5.41, 5.74) is 6.84. The SMILES string of the molecule is COc1cc(C)cc(F)c1/C=C/C(C)N. The molecule has 82 valence electrons. The Morgan fingerprint density at radius 2 is 2.13 bits per heavy atom. The largest absolute Gasteiger partial charge is 0.496 e. The van der Waals surface area contributed by atoms with E-state index in [2.05, 4.69) is 0 Å². The molecule has 0 heterocycles. The van der Waals surface area contributed by atoms with Crippen LogP contribution in [0.3, 0.4) is 0 Å². The van der Waals surface area contributed by atoms with Gasteiger partial charge in [0.15, 0.2) is 0 Å². The zero-order valence-corrected chi connectivity index (χ0v) is 9.25. The quantitative estimate of drug-likeness (QED) is 0.830. The molecule has 1 rings (SSSR count). The van der Waals surface area contributed by atoms with E-state index in [9.17, 15) is 4.39 Å². The van der Waals surface area contributed by atoms with Crippen molar-refractivity contribution in [2.45, 2.75) is 19.9 Å². The molecule has 0 bridgehead atoms. The molecule has 0 amide bonds. The second-order valence-electron chi connectivity index (χ2n) is 3.58. The van der Waals surface area contributed by atoms with Crippen molar-refractivity contribution in [1.29, 1.82) is 0 Å². The summed E-state index contributed by atoms with van der Waals surface area (Å²) in [5.74, 6) is 0.244. The monoisotopic (exact) mass is 209 g/mol. The first-order valence-electron chi connectivity index (χ1n) is 4.82. The van der Waals surface area contributed by atoms with E-state index >= 15 is 0 Å². The molecule has 0 aliphatic rings. The topological polar surface area (TPSA) is 35.2 Å². The highest BCUT2D eigenvalue weighted by Crippen LogP contribution is 2.24. The van der Waals surface area contributed by atoms with E-state index in [0.717, 1.165) is 5.56 Å². The van der Waals surface area contributed by atoms with Crippen LogP contribution in [-0.2, 0) is 0 Å². The third kappa shape index (κ3) is 3.06. The van der Waals surface area contributed by atoms with Crippen LogP contribution in [0.1, 0.15) is 18.1 Å². The highest BCUT2D eigenvalue weighted by Gasteiger charge is 2.07. The van der Waals surface area contributed by atoms with E-state index in [1.165, 1.54) is 13.2 Å². The van der Waals surface area contributed by atoms with E-state index in [-0.39, 0.29) is 11.9 Å². The highest BCUT2D eigenvalue weighted by molar-refractivity contribution is 5.59. The predicted molar refractivity (Wildman–Crippen MR) is 60.4 cm³/mol. The first kappa shape index (κ1) is 11.7. The van der Waals surface area contributed by atoms with E-state index in [0.29, 0.717) is 11.3 Å². The van der Waals surface area contributed by atoms with Gasteiger partial charge in [-0.3, -0.25) is 0 Å². The average molecular weight is 209 g/mol. The summed E-state index contributed by atoms with van der Waals surface area (Å²) < 4.78 is 18.7. The summed E-state index contributed by atoms with van der Waals surface area (Å²) in [5, 5.41) is 0. The van der Waals surface area contributed by atoms with Crippen molar-refractivity contribution in [2.24, 2.45) is 5.73 Å². The van der Waals surface area contributed by atoms with Gasteiger partial charge in [0.1, 0.15) is 11.6 Å². The third-order valence-electron chi connectivity index (χ3n) is 2.02. The molecule has 1 aromatic rings. The van der Waals surface area contributed by atoms with Gasteiger partial charge in [-0.05, 0) is 31.5 Å². The number of ether oxygens (including phenoxy) is 1. The lowest BCUT2D eigenvalue weighted by atomic mass is 10.1. The molecule has 0 aliphatic carbocycles. The van der Waals surface area contributed by atoms with Gasteiger partial charge in [0.2, 0.25) is 0 Å². The minimum Gasteiger partial charge on any atom is -0.496 e. The second kappa shape index (κ2) is 4.94. The minimum atomic E-state index is -0.288. The molecule has 0 aliphatic heterocycles. The van der Waals surface area contributed by atoms with Crippen molar-refractivity contribution < 1.29 is 9.13 Å². The maximum absolute atomic E-state index is 13.6. The molecule has 1 atom stereocenters. The molecule has 2 nitrogen and oxygen atoms in total. The number of rotatable bonds is 3. The fourth-order valence-electron chi connectivity index (χ4n) is 1.30. The van der Waals surface area contributed by atoms with E-state index in [4.69, 9.17) is 10.5 Å². The maximum Gasteiger partial charge on any atom is 0.134 e. The summed E-state index contributed by atoms with van der Waals surface area (Å²) in [7, 11) is 1.53. The Kier molecular flexibility index (Phi) is 3.86. The molecule has 0 aromatic heterocycles. The Morgan fingerprint density at radius 1 is 1.47 bits per heavy atom. The Morgan fingerprint density at radius 3 is 2.67 bits per heavy atom. The summed E-state index contributed by atoms with van der Waals surface area (Å²) in [6.07, 6.45) is 3.38. The first-order valence-corrected chi connectivity index (χ1v) is 4.82. The van der Waals surface area contributed by atoms with Gasteiger partial charge in [0.05, 0.1) is 12.7 Å². The molecule has 1 aromatic carbocycles. The molecule has 2 N–H and O–H groups in total. The fourth-order valence-corrected chi connectivity index (χ4v) is 1.30. The summed E-state index contributed by atoms with van der Waals surface area (Å²) in [4.78, 5) is 0. The number of hydrogen-bond donors (Lipinski definition) is 1. The zero-order valence-electron chi connectivity index (χ0n) is 9.25. The smallest absolute Gasteiger partial charge is 0.134 e. The van der Waals surface area contributed by atoms with E-state index < -0.39 is 0 Å². The van der Waals surface area contributed by atoms with E-state index in [1.807, 2.05) is 13.8 Å². The molecule has 0 saturated heterocycles. The van der Waals surface area contributed by atoms with Crippen molar-refractivity contribution in [2.75, 3.05) is 7.11 Å². The maximum atomic E-state index is 13.6. The van der Waals surface area contributed by atoms with Crippen molar-refractivity contribution in [3.8, 4) is 5.75 Å². The zero-order chi connectivity index (χ0) is 11.4. The van der Waals surface area contributed by atoms with Gasteiger partial charge in [0.25, 0.3) is 0 Å².